The van der Waals surface area contributed by atoms with E-state index in [0.717, 1.165) is 18.6 Å². The van der Waals surface area contributed by atoms with Crippen LogP contribution in [-0.2, 0) is 11.0 Å². The van der Waals surface area contributed by atoms with Crippen molar-refractivity contribution < 1.29 is 22.8 Å². The summed E-state index contributed by atoms with van der Waals surface area (Å²) in [6.07, 6.45) is -3.12. The van der Waals surface area contributed by atoms with Crippen molar-refractivity contribution in [2.24, 2.45) is 0 Å². The third kappa shape index (κ3) is 4.14. The molecule has 136 valence electrons. The Morgan fingerprint density at radius 3 is 2.31 bits per heavy atom. The van der Waals surface area contributed by atoms with E-state index in [9.17, 15) is 22.8 Å². The van der Waals surface area contributed by atoms with Gasteiger partial charge in [0, 0.05) is 30.0 Å². The maximum absolute atomic E-state index is 12.5. The smallest absolute Gasteiger partial charge is 0.312 e. The van der Waals surface area contributed by atoms with Crippen molar-refractivity contribution >= 4 is 29.0 Å². The summed E-state index contributed by atoms with van der Waals surface area (Å²) in [7, 11) is 0. The number of amides is 3. The van der Waals surface area contributed by atoms with Crippen molar-refractivity contribution in [3.05, 3.63) is 54.1 Å². The van der Waals surface area contributed by atoms with Gasteiger partial charge in [-0.1, -0.05) is 6.07 Å². The van der Waals surface area contributed by atoms with Crippen molar-refractivity contribution in [2.75, 3.05) is 22.1 Å². The van der Waals surface area contributed by atoms with Crippen LogP contribution in [0.25, 0.3) is 0 Å². The lowest BCUT2D eigenvalue weighted by molar-refractivity contribution is -0.137. The molecule has 3 amide bonds. The fourth-order valence-corrected chi connectivity index (χ4v) is 2.71. The van der Waals surface area contributed by atoms with Crippen molar-refractivity contribution in [3.63, 3.8) is 0 Å². The van der Waals surface area contributed by atoms with E-state index in [1.807, 2.05) is 0 Å². The highest BCUT2D eigenvalue weighted by Crippen LogP contribution is 2.30. The van der Waals surface area contributed by atoms with Crippen LogP contribution in [0.2, 0.25) is 0 Å². The largest absolute Gasteiger partial charge is 0.416 e. The first-order valence-electron chi connectivity index (χ1n) is 7.98. The number of nitrogens with zero attached hydrogens (tertiary/aromatic N) is 1. The Bertz CT molecular complexity index is 819. The molecule has 0 bridgehead atoms. The molecule has 0 atom stereocenters. The van der Waals surface area contributed by atoms with E-state index < -0.39 is 17.8 Å². The van der Waals surface area contributed by atoms with Gasteiger partial charge in [0.05, 0.1) is 5.56 Å². The minimum atomic E-state index is -4.42. The molecule has 3 rings (SSSR count). The van der Waals surface area contributed by atoms with Gasteiger partial charge in [-0.25, -0.2) is 4.79 Å². The highest BCUT2D eigenvalue weighted by molar-refractivity contribution is 6.01. The van der Waals surface area contributed by atoms with Crippen molar-refractivity contribution in [2.45, 2.75) is 19.0 Å². The Morgan fingerprint density at radius 1 is 1.00 bits per heavy atom. The fourth-order valence-electron chi connectivity index (χ4n) is 2.71. The Balaban J connectivity index is 1.64. The van der Waals surface area contributed by atoms with Crippen LogP contribution in [0.5, 0.6) is 0 Å². The summed E-state index contributed by atoms with van der Waals surface area (Å²) >= 11 is 0. The Morgan fingerprint density at radius 2 is 1.69 bits per heavy atom. The summed E-state index contributed by atoms with van der Waals surface area (Å²) in [5, 5.41) is 5.07. The molecule has 0 aromatic heterocycles. The maximum atomic E-state index is 12.5. The average molecular weight is 363 g/mol. The van der Waals surface area contributed by atoms with E-state index in [2.05, 4.69) is 10.6 Å². The number of urea groups is 1. The number of hydrogen-bond donors (Lipinski definition) is 2. The summed E-state index contributed by atoms with van der Waals surface area (Å²) in [5.41, 5.74) is 0.624. The van der Waals surface area contributed by atoms with Crippen LogP contribution in [0.4, 0.5) is 35.0 Å². The SMILES string of the molecule is O=C(Nc1ccc(C(F)(F)F)cc1)Nc1cccc(N2CCCC2=O)c1. The second kappa shape index (κ2) is 7.07. The molecule has 2 aromatic rings. The van der Waals surface area contributed by atoms with Gasteiger partial charge in [0.1, 0.15) is 0 Å². The predicted octanol–water partition coefficient (Wildman–Crippen LogP) is 4.48. The Hall–Kier alpha value is -3.03. The molecule has 1 saturated heterocycles. The highest BCUT2D eigenvalue weighted by Gasteiger charge is 2.30. The molecule has 2 N–H and O–H groups in total. The van der Waals surface area contributed by atoms with Gasteiger partial charge < -0.3 is 15.5 Å². The van der Waals surface area contributed by atoms with Crippen LogP contribution < -0.4 is 15.5 Å². The summed E-state index contributed by atoms with van der Waals surface area (Å²) in [6, 6.07) is 10.4. The Labute approximate surface area is 147 Å². The zero-order valence-corrected chi connectivity index (χ0v) is 13.6. The number of nitrogens with one attached hydrogen (secondary N) is 2. The number of halogens is 3. The molecular formula is C18H16F3N3O2. The highest BCUT2D eigenvalue weighted by atomic mass is 19.4. The van der Waals surface area contributed by atoms with Crippen LogP contribution in [0.1, 0.15) is 18.4 Å². The van der Waals surface area contributed by atoms with Gasteiger partial charge in [0.25, 0.3) is 0 Å². The lowest BCUT2D eigenvalue weighted by Gasteiger charge is -2.17. The van der Waals surface area contributed by atoms with Gasteiger partial charge in [0.15, 0.2) is 0 Å². The van der Waals surface area contributed by atoms with Gasteiger partial charge in [0.2, 0.25) is 5.91 Å². The number of anilines is 3. The molecule has 8 heteroatoms. The topological polar surface area (TPSA) is 61.4 Å². The van der Waals surface area contributed by atoms with Gasteiger partial charge >= 0.3 is 12.2 Å². The lowest BCUT2D eigenvalue weighted by atomic mass is 10.2. The first kappa shape index (κ1) is 17.8. The summed E-state index contributed by atoms with van der Waals surface area (Å²) in [4.78, 5) is 25.5. The van der Waals surface area contributed by atoms with E-state index in [0.29, 0.717) is 24.3 Å². The van der Waals surface area contributed by atoms with Gasteiger partial charge in [-0.05, 0) is 48.9 Å². The minimum absolute atomic E-state index is 0.0383. The molecule has 0 radical (unpaired) electrons. The van der Waals surface area contributed by atoms with Crippen LogP contribution in [0.3, 0.4) is 0 Å². The third-order valence-electron chi connectivity index (χ3n) is 3.96. The summed E-state index contributed by atoms with van der Waals surface area (Å²) in [5.74, 6) is 0.0383. The van der Waals surface area contributed by atoms with E-state index in [1.165, 1.54) is 12.1 Å². The van der Waals surface area contributed by atoms with Crippen molar-refractivity contribution in [1.29, 1.82) is 0 Å². The molecular weight excluding hydrogens is 347 g/mol. The number of carbonyl (C=O) groups is 2. The van der Waals surface area contributed by atoms with Crippen LogP contribution in [0, 0.1) is 0 Å². The first-order valence-corrected chi connectivity index (χ1v) is 7.98. The zero-order chi connectivity index (χ0) is 18.7. The molecule has 5 nitrogen and oxygen atoms in total. The normalized spacial score (nSPS) is 14.4. The zero-order valence-electron chi connectivity index (χ0n) is 13.6. The molecule has 0 spiro atoms. The predicted molar refractivity (Wildman–Crippen MR) is 92.1 cm³/mol. The van der Waals surface area contributed by atoms with Gasteiger partial charge in [-0.2, -0.15) is 13.2 Å². The van der Waals surface area contributed by atoms with Crippen molar-refractivity contribution in [1.82, 2.24) is 0 Å². The average Bonchev–Trinajstić information content (AvgIpc) is 3.01. The van der Waals surface area contributed by atoms with Crippen LogP contribution >= 0.6 is 0 Å². The number of benzene rings is 2. The van der Waals surface area contributed by atoms with E-state index in [-0.39, 0.29) is 11.6 Å². The van der Waals surface area contributed by atoms with Crippen molar-refractivity contribution in [3.8, 4) is 0 Å². The molecule has 1 heterocycles. The summed E-state index contributed by atoms with van der Waals surface area (Å²) in [6.45, 7) is 0.639. The molecule has 0 aliphatic carbocycles. The quantitative estimate of drug-likeness (QED) is 0.845. The standard InChI is InChI=1S/C18H16F3N3O2/c19-18(20,21)12-6-8-13(9-7-12)22-17(26)23-14-3-1-4-15(11-14)24-10-2-5-16(24)25/h1,3-4,6-9,11H,2,5,10H2,(H2,22,23,26). The molecule has 2 aromatic carbocycles. The maximum Gasteiger partial charge on any atom is 0.416 e. The molecule has 1 aliphatic rings. The van der Waals surface area contributed by atoms with E-state index in [1.54, 1.807) is 29.2 Å². The van der Waals surface area contributed by atoms with Crippen LogP contribution in [0.15, 0.2) is 48.5 Å². The van der Waals surface area contributed by atoms with E-state index >= 15 is 0 Å². The molecule has 0 unspecified atom stereocenters. The number of carbonyl (C=O) groups excluding carboxylic acids is 2. The number of alkyl halides is 3. The van der Waals surface area contributed by atoms with Gasteiger partial charge in [-0.3, -0.25) is 4.79 Å². The molecule has 1 fully saturated rings. The second-order valence-electron chi connectivity index (χ2n) is 5.85. The molecule has 0 saturated carbocycles. The van der Waals surface area contributed by atoms with Gasteiger partial charge in [-0.15, -0.1) is 0 Å². The second-order valence-corrected chi connectivity index (χ2v) is 5.85. The first-order chi connectivity index (χ1) is 12.3. The lowest BCUT2D eigenvalue weighted by Crippen LogP contribution is -2.24. The molecule has 1 aliphatic heterocycles. The monoisotopic (exact) mass is 363 g/mol. The number of hydrogen-bond acceptors (Lipinski definition) is 2. The van der Waals surface area contributed by atoms with Crippen LogP contribution in [-0.4, -0.2) is 18.5 Å². The number of rotatable bonds is 3. The molecule has 26 heavy (non-hydrogen) atoms. The van der Waals surface area contributed by atoms with E-state index in [4.69, 9.17) is 0 Å². The third-order valence-corrected chi connectivity index (χ3v) is 3.96. The Kier molecular flexibility index (Phi) is 4.83. The summed E-state index contributed by atoms with van der Waals surface area (Å²) < 4.78 is 37.6. The fraction of sp³-hybridized carbons (Fsp3) is 0.222. The minimum Gasteiger partial charge on any atom is -0.312 e.